The molecule has 0 radical (unpaired) electrons. The van der Waals surface area contributed by atoms with Crippen LogP contribution in [0.5, 0.6) is 0 Å². The number of hydrogen-bond acceptors (Lipinski definition) is 15. The van der Waals surface area contributed by atoms with Crippen molar-refractivity contribution in [2.24, 2.45) is 0 Å². The minimum Gasteiger partial charge on any atom is -0.264 e. The summed E-state index contributed by atoms with van der Waals surface area (Å²) in [6, 6.07) is 3.82. The molecule has 0 saturated carbocycles. The van der Waals surface area contributed by atoms with Gasteiger partial charge in [0, 0.05) is 131 Å². The van der Waals surface area contributed by atoms with Gasteiger partial charge in [0.05, 0.1) is 71.3 Å². The molecular weight excluding hydrogens is 691 g/mol. The van der Waals surface area contributed by atoms with Gasteiger partial charge in [0.25, 0.3) is 0 Å². The first-order valence-corrected chi connectivity index (χ1v) is 16.9. The number of aryl methyl sites for hydroxylation is 1. The molecule has 0 aliphatic rings. The van der Waals surface area contributed by atoms with Crippen molar-refractivity contribution < 1.29 is 0 Å². The summed E-state index contributed by atoms with van der Waals surface area (Å²) in [4.78, 5) is 70.9. The Balaban J connectivity index is 1.59. The molecule has 260 valence electrons. The van der Waals surface area contributed by atoms with Crippen LogP contribution in [-0.4, -0.2) is 74.8 Å². The second kappa shape index (κ2) is 14.5. The van der Waals surface area contributed by atoms with Gasteiger partial charge in [0.2, 0.25) is 0 Å². The van der Waals surface area contributed by atoms with Crippen LogP contribution >= 0.6 is 0 Å². The summed E-state index contributed by atoms with van der Waals surface area (Å²) in [5, 5.41) is 0. The Morgan fingerprint density at radius 3 is 1.13 bits per heavy atom. The van der Waals surface area contributed by atoms with Gasteiger partial charge in [-0.05, 0) is 19.1 Å². The molecule has 55 heavy (non-hydrogen) atoms. The fourth-order valence-electron chi connectivity index (χ4n) is 6.49. The fourth-order valence-corrected chi connectivity index (χ4v) is 6.49. The van der Waals surface area contributed by atoms with Crippen molar-refractivity contribution in [2.45, 2.75) is 6.92 Å². The van der Waals surface area contributed by atoms with Gasteiger partial charge in [-0.25, -0.2) is 4.98 Å². The van der Waals surface area contributed by atoms with Crippen LogP contribution in [0, 0.1) is 6.92 Å². The molecule has 0 aliphatic carbocycles. The largest absolute Gasteiger partial charge is 0.264 e. The van der Waals surface area contributed by atoms with Gasteiger partial charge in [0.1, 0.15) is 17.1 Å². The van der Waals surface area contributed by atoms with Crippen LogP contribution in [-0.2, 0) is 0 Å². The summed E-state index contributed by atoms with van der Waals surface area (Å²) in [7, 11) is 0. The first-order chi connectivity index (χ1) is 27.3. The highest BCUT2D eigenvalue weighted by molar-refractivity contribution is 6.10. The average molecular weight is 716 g/mol. The van der Waals surface area contributed by atoms with Crippen molar-refractivity contribution in [1.29, 1.82) is 0 Å². The molecule has 9 rings (SSSR count). The molecular formula is C40H25N15. The van der Waals surface area contributed by atoms with Gasteiger partial charge in [-0.3, -0.25) is 69.8 Å². The second-order valence-electron chi connectivity index (χ2n) is 11.9. The molecule has 0 spiro atoms. The molecule has 0 saturated heterocycles. The predicted molar refractivity (Wildman–Crippen MR) is 202 cm³/mol. The Hall–Kier alpha value is -8.07. The number of aromatic nitrogens is 15. The Morgan fingerprint density at radius 2 is 0.691 bits per heavy atom. The highest BCUT2D eigenvalue weighted by Gasteiger charge is 2.33. The summed E-state index contributed by atoms with van der Waals surface area (Å²) in [5.74, 6) is 0. The first kappa shape index (κ1) is 32.8. The monoisotopic (exact) mass is 715 g/mol. The van der Waals surface area contributed by atoms with Crippen LogP contribution < -0.4 is 0 Å². The molecule has 15 nitrogen and oxygen atoms in total. The molecule has 0 N–H and O–H groups in total. The Kier molecular flexibility index (Phi) is 8.66. The van der Waals surface area contributed by atoms with Crippen molar-refractivity contribution in [2.75, 3.05) is 0 Å². The van der Waals surface area contributed by atoms with E-state index in [1.54, 1.807) is 124 Å². The Bertz CT molecular complexity index is 2730. The smallest absolute Gasteiger partial charge is 0.108 e. The van der Waals surface area contributed by atoms with E-state index >= 15 is 0 Å². The molecule has 0 unspecified atom stereocenters. The van der Waals surface area contributed by atoms with Crippen LogP contribution in [0.2, 0.25) is 0 Å². The van der Waals surface area contributed by atoms with Crippen molar-refractivity contribution >= 4 is 0 Å². The van der Waals surface area contributed by atoms with E-state index in [1.165, 1.54) is 0 Å². The van der Waals surface area contributed by atoms with E-state index in [4.69, 9.17) is 39.9 Å². The Morgan fingerprint density at radius 1 is 0.309 bits per heavy atom. The van der Waals surface area contributed by atoms with Crippen LogP contribution in [0.4, 0.5) is 0 Å². The van der Waals surface area contributed by atoms with Gasteiger partial charge in [-0.1, -0.05) is 0 Å². The summed E-state index contributed by atoms with van der Waals surface area (Å²) in [6.45, 7) is 1.93. The zero-order chi connectivity index (χ0) is 37.0. The van der Waals surface area contributed by atoms with Crippen LogP contribution in [0.25, 0.3) is 90.2 Å². The third kappa shape index (κ3) is 6.16. The highest BCUT2D eigenvalue weighted by Crippen LogP contribution is 2.53. The first-order valence-electron chi connectivity index (χ1n) is 16.9. The standard InChI is InChI=1S/C40H25N15/c1-24-32(26-18-42-5-11-48-26)33(27-19-43-6-12-49-27)36(38(54-24)25-3-2-4-41-17-25)37-34(28-20-44-7-13-50-28)35(29-21-45-8-14-51-29)39(30-22-46-9-15-52-30)55-40(37)31-23-47-10-16-53-31/h2-23H,1H3. The van der Waals surface area contributed by atoms with E-state index in [-0.39, 0.29) is 0 Å². The normalized spacial score (nSPS) is 11.0. The maximum Gasteiger partial charge on any atom is 0.108 e. The van der Waals surface area contributed by atoms with Crippen molar-refractivity contribution in [3.05, 3.63) is 142 Å². The molecule has 9 aromatic rings. The quantitative estimate of drug-likeness (QED) is 0.171. The molecule has 0 atom stereocenters. The number of rotatable bonds is 8. The van der Waals surface area contributed by atoms with Crippen molar-refractivity contribution in [3.63, 3.8) is 0 Å². The van der Waals surface area contributed by atoms with Crippen molar-refractivity contribution in [1.82, 2.24) is 74.8 Å². The molecule has 9 aromatic heterocycles. The summed E-state index contributed by atoms with van der Waals surface area (Å²) < 4.78 is 0. The molecule has 0 aromatic carbocycles. The van der Waals surface area contributed by atoms with E-state index in [9.17, 15) is 0 Å². The molecule has 0 amide bonds. The SMILES string of the molecule is Cc1nc(-c2cccnc2)c(-c2c(-c3cnccn3)nc(-c3cnccn3)c(-c3cnccn3)c2-c2cnccn2)c(-c2cnccn2)c1-c1cnccn1. The van der Waals surface area contributed by atoms with Crippen LogP contribution in [0.15, 0.2) is 136 Å². The van der Waals surface area contributed by atoms with Gasteiger partial charge >= 0.3 is 0 Å². The molecule has 0 fully saturated rings. The third-order valence-corrected chi connectivity index (χ3v) is 8.65. The molecule has 0 aliphatic heterocycles. The summed E-state index contributed by atoms with van der Waals surface area (Å²) >= 11 is 0. The van der Waals surface area contributed by atoms with Gasteiger partial charge in [-0.15, -0.1) is 0 Å². The molecule has 0 bridgehead atoms. The minimum absolute atomic E-state index is 0.438. The lowest BCUT2D eigenvalue weighted by molar-refractivity contribution is 1.13. The topological polar surface area (TPSA) is 193 Å². The van der Waals surface area contributed by atoms with E-state index in [0.29, 0.717) is 90.3 Å². The lowest BCUT2D eigenvalue weighted by Gasteiger charge is -2.25. The zero-order valence-corrected chi connectivity index (χ0v) is 28.9. The summed E-state index contributed by atoms with van der Waals surface area (Å²) in [6.07, 6.45) is 33.0. The van der Waals surface area contributed by atoms with Gasteiger partial charge in [-0.2, -0.15) is 0 Å². The van der Waals surface area contributed by atoms with Gasteiger partial charge < -0.3 is 0 Å². The molecule has 9 heterocycles. The lowest BCUT2D eigenvalue weighted by atomic mass is 9.82. The average Bonchev–Trinajstić information content (AvgIpc) is 3.27. The van der Waals surface area contributed by atoms with E-state index in [2.05, 4.69) is 34.9 Å². The fraction of sp³-hybridized carbons (Fsp3) is 0.0250. The summed E-state index contributed by atoms with van der Waals surface area (Å²) in [5.41, 5.74) is 9.63. The second-order valence-corrected chi connectivity index (χ2v) is 11.9. The molecule has 15 heteroatoms. The third-order valence-electron chi connectivity index (χ3n) is 8.65. The Labute approximate surface area is 313 Å². The minimum atomic E-state index is 0.438. The van der Waals surface area contributed by atoms with E-state index < -0.39 is 0 Å². The van der Waals surface area contributed by atoms with Crippen LogP contribution in [0.3, 0.4) is 0 Å². The highest BCUT2D eigenvalue weighted by atomic mass is 14.9. The van der Waals surface area contributed by atoms with E-state index in [1.807, 2.05) is 19.1 Å². The van der Waals surface area contributed by atoms with E-state index in [0.717, 1.165) is 5.56 Å². The van der Waals surface area contributed by atoms with Crippen LogP contribution in [0.1, 0.15) is 5.69 Å². The lowest BCUT2D eigenvalue weighted by Crippen LogP contribution is -2.08. The maximum absolute atomic E-state index is 5.42. The predicted octanol–water partition coefficient (Wildman–Crippen LogP) is 6.26. The zero-order valence-electron chi connectivity index (χ0n) is 28.9. The number of nitrogens with zero attached hydrogens (tertiary/aromatic N) is 15. The number of pyridine rings is 3. The number of hydrogen-bond donors (Lipinski definition) is 0. The maximum atomic E-state index is 5.42. The van der Waals surface area contributed by atoms with Crippen molar-refractivity contribution in [3.8, 4) is 90.2 Å². The van der Waals surface area contributed by atoms with Gasteiger partial charge in [0.15, 0.2) is 0 Å².